The molecule has 0 bridgehead atoms. The van der Waals surface area contributed by atoms with Crippen LogP contribution in [0.1, 0.15) is 17.5 Å². The molecule has 3 rings (SSSR count). The molecular weight excluding hydrogens is 448 g/mol. The highest BCUT2D eigenvalue weighted by atomic mass is 19.4. The van der Waals surface area contributed by atoms with Crippen molar-refractivity contribution in [3.63, 3.8) is 0 Å². The Balaban J connectivity index is 1.47. The lowest BCUT2D eigenvalue weighted by Gasteiger charge is -2.32. The van der Waals surface area contributed by atoms with Crippen molar-refractivity contribution in [2.45, 2.75) is 18.8 Å². The molecule has 1 aliphatic rings. The lowest BCUT2D eigenvalue weighted by molar-refractivity contribution is -0.139. The number of aromatic nitrogens is 3. The average molecular weight is 465 g/mol. The number of nitrogens with one attached hydrogen (secondary N) is 1. The number of nitrogens with zero attached hydrogens (tertiary/aromatic N) is 4. The van der Waals surface area contributed by atoms with Gasteiger partial charge in [-0.1, -0.05) is 0 Å². The summed E-state index contributed by atoms with van der Waals surface area (Å²) < 4.78 is 81.3. The Morgan fingerprint density at radius 3 is 2.31 bits per heavy atom. The third kappa shape index (κ3) is 5.75. The van der Waals surface area contributed by atoms with Gasteiger partial charge in [-0.05, 0) is 12.5 Å². The van der Waals surface area contributed by atoms with Crippen molar-refractivity contribution in [3.8, 4) is 5.75 Å². The highest BCUT2D eigenvalue weighted by Crippen LogP contribution is 2.29. The Bertz CT molecular complexity index is 1010. The SMILES string of the molecule is O=C1CN(CCCOc2c[nH]c(=O)c(C(F)(F)F)c2)CCN1c1ncc(C(F)(F)F)cn1. The molecule has 0 atom stereocenters. The minimum absolute atomic E-state index is 0.0265. The van der Waals surface area contributed by atoms with Gasteiger partial charge in [0.1, 0.15) is 11.3 Å². The molecule has 8 nitrogen and oxygen atoms in total. The predicted octanol–water partition coefficient (Wildman–Crippen LogP) is 2.32. The molecule has 0 spiro atoms. The van der Waals surface area contributed by atoms with E-state index in [0.717, 1.165) is 6.20 Å². The molecule has 2 aromatic heterocycles. The number of aromatic amines is 1. The summed E-state index contributed by atoms with van der Waals surface area (Å²) in [7, 11) is 0. The second kappa shape index (κ2) is 9.14. The topological polar surface area (TPSA) is 91.4 Å². The quantitative estimate of drug-likeness (QED) is 0.520. The summed E-state index contributed by atoms with van der Waals surface area (Å²) in [5.74, 6) is -0.658. The Morgan fingerprint density at radius 1 is 1.03 bits per heavy atom. The van der Waals surface area contributed by atoms with Crippen LogP contribution >= 0.6 is 0 Å². The first-order valence-electron chi connectivity index (χ1n) is 9.30. The zero-order valence-electron chi connectivity index (χ0n) is 16.3. The molecule has 1 N–H and O–H groups in total. The van der Waals surface area contributed by atoms with Crippen molar-refractivity contribution in [3.05, 3.63) is 46.1 Å². The Kier molecular flexibility index (Phi) is 6.71. The van der Waals surface area contributed by atoms with Gasteiger partial charge in [0, 0.05) is 38.2 Å². The second-order valence-corrected chi connectivity index (χ2v) is 6.87. The fraction of sp³-hybridized carbons (Fsp3) is 0.444. The van der Waals surface area contributed by atoms with E-state index >= 15 is 0 Å². The van der Waals surface area contributed by atoms with E-state index in [1.165, 1.54) is 4.90 Å². The molecule has 1 aliphatic heterocycles. The largest absolute Gasteiger partial charge is 0.492 e. The summed E-state index contributed by atoms with van der Waals surface area (Å²) in [5.41, 5.74) is -3.64. The average Bonchev–Trinajstić information content (AvgIpc) is 2.71. The fourth-order valence-electron chi connectivity index (χ4n) is 2.97. The minimum atomic E-state index is -4.80. The van der Waals surface area contributed by atoms with Crippen LogP contribution in [0.3, 0.4) is 0 Å². The van der Waals surface area contributed by atoms with Crippen LogP contribution in [0.4, 0.5) is 32.3 Å². The number of piperazine rings is 1. The summed E-state index contributed by atoms with van der Waals surface area (Å²) in [4.78, 5) is 35.7. The number of H-pyrrole nitrogens is 1. The Hall–Kier alpha value is -3.16. The molecule has 14 heteroatoms. The first kappa shape index (κ1) is 23.5. The molecule has 1 saturated heterocycles. The minimum Gasteiger partial charge on any atom is -0.492 e. The molecule has 2 aromatic rings. The van der Waals surface area contributed by atoms with Gasteiger partial charge in [0.25, 0.3) is 5.56 Å². The normalized spacial score (nSPS) is 15.8. The van der Waals surface area contributed by atoms with Gasteiger partial charge < -0.3 is 9.72 Å². The van der Waals surface area contributed by atoms with Crippen LogP contribution in [-0.4, -0.2) is 58.5 Å². The van der Waals surface area contributed by atoms with Crippen molar-refractivity contribution in [2.24, 2.45) is 0 Å². The van der Waals surface area contributed by atoms with Gasteiger partial charge in [-0.15, -0.1) is 0 Å². The van der Waals surface area contributed by atoms with Gasteiger partial charge in [0.2, 0.25) is 11.9 Å². The number of carbonyl (C=O) groups is 1. The maximum Gasteiger partial charge on any atom is 0.421 e. The molecule has 32 heavy (non-hydrogen) atoms. The van der Waals surface area contributed by atoms with Crippen LogP contribution < -0.4 is 15.2 Å². The lowest BCUT2D eigenvalue weighted by atomic mass is 10.2. The first-order chi connectivity index (χ1) is 14.9. The number of pyridine rings is 1. The van der Waals surface area contributed by atoms with Crippen LogP contribution in [0.15, 0.2) is 29.5 Å². The number of anilines is 1. The maximum absolute atomic E-state index is 12.7. The number of carbonyl (C=O) groups excluding carboxylic acids is 1. The van der Waals surface area contributed by atoms with Gasteiger partial charge >= 0.3 is 12.4 Å². The molecule has 0 unspecified atom stereocenters. The van der Waals surface area contributed by atoms with Gasteiger partial charge in [-0.25, -0.2) is 9.97 Å². The summed E-state index contributed by atoms with van der Waals surface area (Å²) >= 11 is 0. The van der Waals surface area contributed by atoms with Gasteiger partial charge in [-0.2, -0.15) is 26.3 Å². The second-order valence-electron chi connectivity index (χ2n) is 6.87. The van der Waals surface area contributed by atoms with Gasteiger partial charge in [-0.3, -0.25) is 19.4 Å². The van der Waals surface area contributed by atoms with E-state index < -0.39 is 34.9 Å². The molecule has 1 amide bonds. The van der Waals surface area contributed by atoms with E-state index in [1.807, 2.05) is 4.98 Å². The highest BCUT2D eigenvalue weighted by Gasteiger charge is 2.35. The first-order valence-corrected chi connectivity index (χ1v) is 9.30. The van der Waals surface area contributed by atoms with E-state index in [0.29, 0.717) is 38.0 Å². The van der Waals surface area contributed by atoms with Crippen molar-refractivity contribution in [1.29, 1.82) is 0 Å². The molecule has 1 fully saturated rings. The van der Waals surface area contributed by atoms with Crippen LogP contribution in [0.2, 0.25) is 0 Å². The standard InChI is InChI=1S/C18H17F6N5O3/c19-17(20,21)11-7-26-16(27-8-11)29-4-3-28(10-14(29)30)2-1-5-32-12-6-13(18(22,23)24)15(31)25-9-12/h6-9H,1-5,10H2,(H,25,31). The van der Waals surface area contributed by atoms with Gasteiger partial charge in [0.15, 0.2) is 0 Å². The van der Waals surface area contributed by atoms with Gasteiger partial charge in [0.05, 0.1) is 18.7 Å². The van der Waals surface area contributed by atoms with E-state index in [1.54, 1.807) is 4.90 Å². The monoisotopic (exact) mass is 465 g/mol. The smallest absolute Gasteiger partial charge is 0.421 e. The lowest BCUT2D eigenvalue weighted by Crippen LogP contribution is -2.51. The van der Waals surface area contributed by atoms with Crippen molar-refractivity contribution >= 4 is 11.9 Å². The Morgan fingerprint density at radius 2 is 1.72 bits per heavy atom. The van der Waals surface area contributed by atoms with Crippen molar-refractivity contribution in [1.82, 2.24) is 19.9 Å². The van der Waals surface area contributed by atoms with E-state index in [4.69, 9.17) is 4.74 Å². The number of rotatable bonds is 6. The zero-order valence-corrected chi connectivity index (χ0v) is 16.3. The number of hydrogen-bond acceptors (Lipinski definition) is 6. The molecule has 0 aromatic carbocycles. The van der Waals surface area contributed by atoms with E-state index in [9.17, 15) is 35.9 Å². The summed E-state index contributed by atoms with van der Waals surface area (Å²) in [6.07, 6.45) is -6.74. The predicted molar refractivity (Wildman–Crippen MR) is 98.0 cm³/mol. The molecular formula is C18H17F6N5O3. The number of amides is 1. The summed E-state index contributed by atoms with van der Waals surface area (Å²) in [6.45, 7) is 0.969. The van der Waals surface area contributed by atoms with Crippen molar-refractivity contribution in [2.75, 3.05) is 37.7 Å². The number of alkyl halides is 6. The zero-order chi connectivity index (χ0) is 23.5. The number of hydrogen-bond donors (Lipinski definition) is 1. The molecule has 3 heterocycles. The molecule has 0 aliphatic carbocycles. The van der Waals surface area contributed by atoms with Crippen LogP contribution in [0, 0.1) is 0 Å². The summed E-state index contributed by atoms with van der Waals surface area (Å²) in [5, 5.41) is 0. The number of ether oxygens (including phenoxy) is 1. The van der Waals surface area contributed by atoms with E-state index in [2.05, 4.69) is 9.97 Å². The van der Waals surface area contributed by atoms with Crippen LogP contribution in [-0.2, 0) is 17.1 Å². The highest BCUT2D eigenvalue weighted by molar-refractivity contribution is 5.93. The van der Waals surface area contributed by atoms with Crippen LogP contribution in [0.5, 0.6) is 5.75 Å². The molecule has 0 saturated carbocycles. The van der Waals surface area contributed by atoms with Crippen LogP contribution in [0.25, 0.3) is 0 Å². The molecule has 0 radical (unpaired) electrons. The third-order valence-corrected chi connectivity index (χ3v) is 4.58. The fourth-order valence-corrected chi connectivity index (χ4v) is 2.97. The number of halogens is 6. The maximum atomic E-state index is 12.7. The Labute approximate surface area is 176 Å². The van der Waals surface area contributed by atoms with E-state index in [-0.39, 0.29) is 31.4 Å². The molecule has 174 valence electrons. The summed E-state index contributed by atoms with van der Waals surface area (Å²) in [6, 6.07) is 0.616. The third-order valence-electron chi connectivity index (χ3n) is 4.58. The van der Waals surface area contributed by atoms with Crippen molar-refractivity contribution < 1.29 is 35.9 Å².